The second kappa shape index (κ2) is 6.96. The lowest BCUT2D eigenvalue weighted by Crippen LogP contribution is -2.48. The van der Waals surface area contributed by atoms with Crippen molar-refractivity contribution in [2.75, 3.05) is 26.7 Å². The van der Waals surface area contributed by atoms with Gasteiger partial charge in [0, 0.05) is 25.7 Å². The van der Waals surface area contributed by atoms with Crippen LogP contribution in [0.4, 0.5) is 0 Å². The molecule has 2 unspecified atom stereocenters. The topological polar surface area (TPSA) is 65.8 Å². The van der Waals surface area contributed by atoms with Crippen LogP contribution in [-0.4, -0.2) is 60.4 Å². The second-order valence-corrected chi connectivity index (χ2v) is 5.92. The summed E-state index contributed by atoms with van der Waals surface area (Å²) in [6, 6.07) is 0.00410. The van der Waals surface area contributed by atoms with E-state index in [1.165, 1.54) is 6.26 Å². The molecule has 2 atom stereocenters. The van der Waals surface area contributed by atoms with Gasteiger partial charge in [0.15, 0.2) is 0 Å². The van der Waals surface area contributed by atoms with Gasteiger partial charge < -0.3 is 14.6 Å². The number of carbonyl (C=O) groups is 2. The molecule has 1 saturated heterocycles. The zero-order valence-corrected chi connectivity index (χ0v) is 13.8. The molecule has 1 aliphatic heterocycles. The lowest BCUT2D eigenvalue weighted by Gasteiger charge is -2.29. The molecule has 0 aliphatic carbocycles. The molecular weight excluding hydrogens is 282 g/mol. The Balaban J connectivity index is 1.87. The van der Waals surface area contributed by atoms with Gasteiger partial charge in [-0.05, 0) is 39.8 Å². The summed E-state index contributed by atoms with van der Waals surface area (Å²) >= 11 is 0. The van der Waals surface area contributed by atoms with Gasteiger partial charge in [0.25, 0.3) is 5.91 Å². The molecule has 0 bridgehead atoms. The number of rotatable bonds is 6. The average molecular weight is 307 g/mol. The molecule has 1 aromatic rings. The van der Waals surface area contributed by atoms with Crippen LogP contribution in [0, 0.1) is 6.92 Å². The molecule has 22 heavy (non-hydrogen) atoms. The van der Waals surface area contributed by atoms with Gasteiger partial charge >= 0.3 is 0 Å². The molecule has 1 aromatic heterocycles. The van der Waals surface area contributed by atoms with Crippen molar-refractivity contribution >= 4 is 11.8 Å². The summed E-state index contributed by atoms with van der Waals surface area (Å²) in [5.74, 6) is 0.0493. The quantitative estimate of drug-likeness (QED) is 0.859. The summed E-state index contributed by atoms with van der Waals surface area (Å²) in [6.45, 7) is 7.92. The maximum absolute atomic E-state index is 12.2. The lowest BCUT2D eigenvalue weighted by molar-refractivity contribution is -0.132. The molecule has 1 N–H and O–H groups in total. The van der Waals surface area contributed by atoms with Gasteiger partial charge in [-0.1, -0.05) is 0 Å². The first kappa shape index (κ1) is 16.5. The van der Waals surface area contributed by atoms with E-state index < -0.39 is 0 Å². The molecule has 0 radical (unpaired) electrons. The van der Waals surface area contributed by atoms with Gasteiger partial charge in [-0.15, -0.1) is 0 Å². The van der Waals surface area contributed by atoms with Crippen LogP contribution >= 0.6 is 0 Å². The highest BCUT2D eigenvalue weighted by molar-refractivity contribution is 5.95. The van der Waals surface area contributed by atoms with Gasteiger partial charge in [0.2, 0.25) is 5.91 Å². The van der Waals surface area contributed by atoms with Crippen molar-refractivity contribution in [2.45, 2.75) is 39.3 Å². The van der Waals surface area contributed by atoms with Crippen LogP contribution in [0.15, 0.2) is 16.9 Å². The number of amides is 2. The predicted molar refractivity (Wildman–Crippen MR) is 83.7 cm³/mol. The van der Waals surface area contributed by atoms with Crippen LogP contribution in [0.3, 0.4) is 0 Å². The second-order valence-electron chi connectivity index (χ2n) is 5.92. The summed E-state index contributed by atoms with van der Waals surface area (Å²) < 4.78 is 5.02. The maximum Gasteiger partial charge on any atom is 0.254 e. The van der Waals surface area contributed by atoms with E-state index in [4.69, 9.17) is 4.42 Å². The van der Waals surface area contributed by atoms with E-state index in [0.717, 1.165) is 25.1 Å². The van der Waals surface area contributed by atoms with E-state index in [9.17, 15) is 9.59 Å². The minimum absolute atomic E-state index is 0.0810. The number of furan rings is 1. The number of hydrogen-bond acceptors (Lipinski definition) is 4. The van der Waals surface area contributed by atoms with Crippen LogP contribution in [0.2, 0.25) is 0 Å². The Kier molecular flexibility index (Phi) is 5.24. The third-order valence-corrected chi connectivity index (χ3v) is 4.50. The number of likely N-dealkylation sites (N-methyl/N-ethyl adjacent to an activating group) is 2. The lowest BCUT2D eigenvalue weighted by atomic mass is 10.1. The molecule has 2 amide bonds. The zero-order valence-electron chi connectivity index (χ0n) is 13.8. The van der Waals surface area contributed by atoms with Crippen molar-refractivity contribution in [2.24, 2.45) is 0 Å². The van der Waals surface area contributed by atoms with E-state index in [0.29, 0.717) is 12.1 Å². The highest BCUT2D eigenvalue weighted by atomic mass is 16.3. The highest BCUT2D eigenvalue weighted by Gasteiger charge is 2.35. The van der Waals surface area contributed by atoms with Crippen molar-refractivity contribution in [3.05, 3.63) is 23.7 Å². The number of nitrogens with zero attached hydrogens (tertiary/aromatic N) is 2. The molecule has 0 aromatic carbocycles. The number of likely N-dealkylation sites (tertiary alicyclic amines) is 1. The Labute approximate surface area is 131 Å². The fraction of sp³-hybridized carbons (Fsp3) is 0.625. The number of nitrogens with one attached hydrogen (secondary N) is 1. The summed E-state index contributed by atoms with van der Waals surface area (Å²) in [7, 11) is 1.95. The highest BCUT2D eigenvalue weighted by Crippen LogP contribution is 2.17. The molecule has 1 aliphatic rings. The first-order chi connectivity index (χ1) is 10.5. The van der Waals surface area contributed by atoms with Gasteiger partial charge in [-0.25, -0.2) is 0 Å². The smallest absolute Gasteiger partial charge is 0.254 e. The normalized spacial score (nSPS) is 19.8. The first-order valence-corrected chi connectivity index (χ1v) is 7.77. The number of aryl methyl sites for hydroxylation is 1. The molecule has 6 nitrogen and oxygen atoms in total. The summed E-state index contributed by atoms with van der Waals surface area (Å²) in [6.07, 6.45) is 3.86. The standard InChI is InChI=1S/C16H25N3O3/c1-5-19-7-6-14(16(19)21)18(4)12(3)8-17-15(20)13-10-22-9-11(13)2/h9-10,12,14H,5-8H2,1-4H3,(H,17,20). The third-order valence-electron chi connectivity index (χ3n) is 4.50. The predicted octanol–water partition coefficient (Wildman–Crippen LogP) is 1.26. The first-order valence-electron chi connectivity index (χ1n) is 7.77. The largest absolute Gasteiger partial charge is 0.471 e. The monoisotopic (exact) mass is 307 g/mol. The van der Waals surface area contributed by atoms with Crippen molar-refractivity contribution in [3.8, 4) is 0 Å². The summed E-state index contributed by atoms with van der Waals surface area (Å²) in [5, 5.41) is 2.90. The van der Waals surface area contributed by atoms with Gasteiger partial charge in [0.05, 0.1) is 17.9 Å². The van der Waals surface area contributed by atoms with Crippen molar-refractivity contribution in [1.29, 1.82) is 0 Å². The molecule has 0 saturated carbocycles. The van der Waals surface area contributed by atoms with Crippen LogP contribution in [0.5, 0.6) is 0 Å². The molecule has 1 fully saturated rings. The Morgan fingerprint density at radius 1 is 1.55 bits per heavy atom. The number of hydrogen-bond donors (Lipinski definition) is 1. The van der Waals surface area contributed by atoms with Crippen LogP contribution in [0.1, 0.15) is 36.2 Å². The Bertz CT molecular complexity index is 540. The van der Waals surface area contributed by atoms with Gasteiger partial charge in [-0.2, -0.15) is 0 Å². The van der Waals surface area contributed by atoms with Gasteiger partial charge in [-0.3, -0.25) is 14.5 Å². The fourth-order valence-corrected chi connectivity index (χ4v) is 2.79. The SMILES string of the molecule is CCN1CCC(N(C)C(C)CNC(=O)c2cocc2C)C1=O. The Morgan fingerprint density at radius 2 is 2.27 bits per heavy atom. The van der Waals surface area contributed by atoms with Crippen molar-refractivity contribution in [1.82, 2.24) is 15.1 Å². The van der Waals surface area contributed by atoms with Gasteiger partial charge in [0.1, 0.15) is 6.26 Å². The average Bonchev–Trinajstić information content (AvgIpc) is 3.09. The third kappa shape index (κ3) is 3.32. The molecule has 122 valence electrons. The minimum Gasteiger partial charge on any atom is -0.471 e. The minimum atomic E-state index is -0.139. The summed E-state index contributed by atoms with van der Waals surface area (Å²) in [5.41, 5.74) is 1.38. The molecular formula is C16H25N3O3. The molecule has 2 heterocycles. The number of carbonyl (C=O) groups excluding carboxylic acids is 2. The van der Waals surface area contributed by atoms with E-state index in [1.807, 2.05) is 32.7 Å². The fourth-order valence-electron chi connectivity index (χ4n) is 2.79. The van der Waals surface area contributed by atoms with Crippen LogP contribution in [0.25, 0.3) is 0 Å². The van der Waals surface area contributed by atoms with E-state index in [1.54, 1.807) is 6.26 Å². The summed E-state index contributed by atoms with van der Waals surface area (Å²) in [4.78, 5) is 28.2. The van der Waals surface area contributed by atoms with E-state index in [2.05, 4.69) is 10.2 Å². The van der Waals surface area contributed by atoms with Crippen LogP contribution < -0.4 is 5.32 Å². The Hall–Kier alpha value is -1.82. The maximum atomic E-state index is 12.2. The zero-order chi connectivity index (χ0) is 16.3. The van der Waals surface area contributed by atoms with Crippen molar-refractivity contribution in [3.63, 3.8) is 0 Å². The van der Waals surface area contributed by atoms with Crippen molar-refractivity contribution < 1.29 is 14.0 Å². The van der Waals surface area contributed by atoms with E-state index >= 15 is 0 Å². The molecule has 0 spiro atoms. The van der Waals surface area contributed by atoms with E-state index in [-0.39, 0.29) is 23.9 Å². The Morgan fingerprint density at radius 3 is 2.82 bits per heavy atom. The molecule has 6 heteroatoms. The molecule has 2 rings (SSSR count). The van der Waals surface area contributed by atoms with Crippen LogP contribution in [-0.2, 0) is 4.79 Å².